The summed E-state index contributed by atoms with van der Waals surface area (Å²) in [5.41, 5.74) is 5.38. The number of primary amides is 1. The van der Waals surface area contributed by atoms with E-state index in [4.69, 9.17) is 5.73 Å². The molecular formula is C11H12ClF3N2O. The third-order valence-corrected chi connectivity index (χ3v) is 2.92. The molecule has 1 aliphatic rings. The minimum atomic E-state index is -1.49. The van der Waals surface area contributed by atoms with Gasteiger partial charge in [-0.25, -0.2) is 13.2 Å². The van der Waals surface area contributed by atoms with Crippen LogP contribution < -0.4 is 10.6 Å². The Bertz CT molecular complexity index is 447. The molecule has 1 saturated heterocycles. The Hall–Kier alpha value is -1.43. The van der Waals surface area contributed by atoms with Crippen molar-refractivity contribution in [3.63, 3.8) is 0 Å². The summed E-state index contributed by atoms with van der Waals surface area (Å²) < 4.78 is 38.8. The predicted octanol–water partition coefficient (Wildman–Crippen LogP) is 1.84. The molecule has 1 aromatic carbocycles. The number of nitrogens with two attached hydrogens (primary N) is 1. The number of nitrogens with zero attached hydrogens (tertiary/aromatic N) is 1. The van der Waals surface area contributed by atoms with E-state index in [9.17, 15) is 18.0 Å². The monoisotopic (exact) mass is 280 g/mol. The molecule has 1 aliphatic heterocycles. The maximum Gasteiger partial charge on any atom is 0.222 e. The van der Waals surface area contributed by atoms with E-state index < -0.39 is 23.4 Å². The molecule has 0 saturated carbocycles. The second-order valence-electron chi connectivity index (χ2n) is 4.06. The van der Waals surface area contributed by atoms with Gasteiger partial charge in [0, 0.05) is 30.9 Å². The Morgan fingerprint density at radius 1 is 1.28 bits per heavy atom. The number of hydrogen-bond donors (Lipinski definition) is 1. The number of benzene rings is 1. The number of anilines is 1. The molecule has 0 spiro atoms. The zero-order chi connectivity index (χ0) is 12.6. The molecule has 1 aromatic rings. The van der Waals surface area contributed by atoms with Crippen molar-refractivity contribution in [2.75, 3.05) is 18.0 Å². The first-order valence-corrected chi connectivity index (χ1v) is 5.18. The highest BCUT2D eigenvalue weighted by atomic mass is 35.5. The highest BCUT2D eigenvalue weighted by Gasteiger charge is 2.27. The zero-order valence-corrected chi connectivity index (χ0v) is 10.1. The molecule has 1 unspecified atom stereocenters. The van der Waals surface area contributed by atoms with Crippen molar-refractivity contribution in [3.05, 3.63) is 29.6 Å². The van der Waals surface area contributed by atoms with Gasteiger partial charge in [0.2, 0.25) is 5.91 Å². The van der Waals surface area contributed by atoms with E-state index in [0.717, 1.165) is 12.1 Å². The lowest BCUT2D eigenvalue weighted by molar-refractivity contribution is -0.121. The molecule has 0 bridgehead atoms. The summed E-state index contributed by atoms with van der Waals surface area (Å²) in [5, 5.41) is 0. The van der Waals surface area contributed by atoms with E-state index >= 15 is 0 Å². The Balaban J connectivity index is 0.00000162. The first kappa shape index (κ1) is 14.6. The number of halogens is 4. The van der Waals surface area contributed by atoms with Gasteiger partial charge in [-0.05, 0) is 6.42 Å². The van der Waals surface area contributed by atoms with Crippen LogP contribution in [0.1, 0.15) is 6.42 Å². The average molecular weight is 281 g/mol. The van der Waals surface area contributed by atoms with Crippen LogP contribution in [0.5, 0.6) is 0 Å². The highest BCUT2D eigenvalue weighted by molar-refractivity contribution is 5.85. The number of rotatable bonds is 2. The molecule has 1 heterocycles. The largest absolute Gasteiger partial charge is 0.371 e. The first-order valence-electron chi connectivity index (χ1n) is 5.18. The van der Waals surface area contributed by atoms with Gasteiger partial charge >= 0.3 is 0 Å². The lowest BCUT2D eigenvalue weighted by Gasteiger charge is -2.18. The lowest BCUT2D eigenvalue weighted by atomic mass is 10.1. The highest BCUT2D eigenvalue weighted by Crippen LogP contribution is 2.26. The van der Waals surface area contributed by atoms with E-state index in [1.54, 1.807) is 4.90 Å². The Morgan fingerprint density at radius 2 is 1.83 bits per heavy atom. The Kier molecular flexibility index (Phi) is 4.45. The molecule has 100 valence electrons. The van der Waals surface area contributed by atoms with Crippen LogP contribution in [0.15, 0.2) is 12.1 Å². The Morgan fingerprint density at radius 3 is 2.28 bits per heavy atom. The molecular weight excluding hydrogens is 269 g/mol. The van der Waals surface area contributed by atoms with Gasteiger partial charge in [-0.15, -0.1) is 12.4 Å². The average Bonchev–Trinajstić information content (AvgIpc) is 2.74. The predicted molar refractivity (Wildman–Crippen MR) is 63.1 cm³/mol. The third-order valence-electron chi connectivity index (χ3n) is 2.92. The van der Waals surface area contributed by atoms with E-state index in [-0.39, 0.29) is 24.0 Å². The van der Waals surface area contributed by atoms with Crippen molar-refractivity contribution >= 4 is 24.0 Å². The van der Waals surface area contributed by atoms with Crippen molar-refractivity contribution in [1.29, 1.82) is 0 Å². The van der Waals surface area contributed by atoms with Crippen molar-refractivity contribution in [1.82, 2.24) is 0 Å². The molecule has 7 heteroatoms. The minimum Gasteiger partial charge on any atom is -0.371 e. The summed E-state index contributed by atoms with van der Waals surface area (Å²) in [4.78, 5) is 12.6. The van der Waals surface area contributed by atoms with Gasteiger partial charge in [0.1, 0.15) is 0 Å². The summed E-state index contributed by atoms with van der Waals surface area (Å²) in [6, 6.07) is 1.84. The number of carbonyl (C=O) groups is 1. The molecule has 0 radical (unpaired) electrons. The standard InChI is InChI=1S/C11H11F3N2O.ClH/c12-8-3-7(4-9(13)10(8)14)16-2-1-6(5-16)11(15)17;/h3-4,6H,1-2,5H2,(H2,15,17);1H. The lowest BCUT2D eigenvalue weighted by Crippen LogP contribution is -2.27. The van der Waals surface area contributed by atoms with Gasteiger partial charge in [0.15, 0.2) is 17.5 Å². The van der Waals surface area contributed by atoms with Crippen molar-refractivity contribution in [2.45, 2.75) is 6.42 Å². The van der Waals surface area contributed by atoms with Crippen LogP contribution >= 0.6 is 12.4 Å². The van der Waals surface area contributed by atoms with E-state index in [0.29, 0.717) is 19.5 Å². The van der Waals surface area contributed by atoms with Gasteiger partial charge in [-0.3, -0.25) is 4.79 Å². The molecule has 1 amide bonds. The smallest absolute Gasteiger partial charge is 0.222 e. The first-order chi connectivity index (χ1) is 7.99. The second-order valence-corrected chi connectivity index (χ2v) is 4.06. The molecule has 2 N–H and O–H groups in total. The third kappa shape index (κ3) is 2.69. The van der Waals surface area contributed by atoms with Crippen LogP contribution in [0.2, 0.25) is 0 Å². The topological polar surface area (TPSA) is 46.3 Å². The molecule has 1 fully saturated rings. The van der Waals surface area contributed by atoms with Crippen LogP contribution in [-0.4, -0.2) is 19.0 Å². The molecule has 1 atom stereocenters. The van der Waals surface area contributed by atoms with Crippen molar-refractivity contribution in [2.24, 2.45) is 11.7 Å². The maximum absolute atomic E-state index is 13.0. The fourth-order valence-electron chi connectivity index (χ4n) is 1.95. The molecule has 3 nitrogen and oxygen atoms in total. The summed E-state index contributed by atoms with van der Waals surface area (Å²) in [6.45, 7) is 0.776. The SMILES string of the molecule is Cl.NC(=O)C1CCN(c2cc(F)c(F)c(F)c2)C1. The summed E-state index contributed by atoms with van der Waals surface area (Å²) in [6.07, 6.45) is 0.538. The van der Waals surface area contributed by atoms with E-state index in [1.165, 1.54) is 0 Å². The zero-order valence-electron chi connectivity index (χ0n) is 9.33. The maximum atomic E-state index is 13.0. The van der Waals surface area contributed by atoms with Crippen LogP contribution in [0.3, 0.4) is 0 Å². The normalized spacial score (nSPS) is 18.6. The van der Waals surface area contributed by atoms with Crippen molar-refractivity contribution < 1.29 is 18.0 Å². The quantitative estimate of drug-likeness (QED) is 0.840. The van der Waals surface area contributed by atoms with Gasteiger partial charge < -0.3 is 10.6 Å². The molecule has 0 aliphatic carbocycles. The number of carbonyl (C=O) groups excluding carboxylic acids is 1. The van der Waals surface area contributed by atoms with Crippen LogP contribution in [0, 0.1) is 23.4 Å². The molecule has 0 aromatic heterocycles. The molecule has 2 rings (SSSR count). The molecule has 18 heavy (non-hydrogen) atoms. The Labute approximate surface area is 108 Å². The fourth-order valence-corrected chi connectivity index (χ4v) is 1.95. The second kappa shape index (κ2) is 5.48. The van der Waals surface area contributed by atoms with Crippen LogP contribution in [0.4, 0.5) is 18.9 Å². The van der Waals surface area contributed by atoms with Crippen LogP contribution in [-0.2, 0) is 4.79 Å². The minimum absolute atomic E-state index is 0. The fraction of sp³-hybridized carbons (Fsp3) is 0.364. The number of hydrogen-bond acceptors (Lipinski definition) is 2. The van der Waals surface area contributed by atoms with Gasteiger partial charge in [0.05, 0.1) is 5.92 Å². The van der Waals surface area contributed by atoms with Crippen LogP contribution in [0.25, 0.3) is 0 Å². The van der Waals surface area contributed by atoms with Gasteiger partial charge in [-0.1, -0.05) is 0 Å². The van der Waals surface area contributed by atoms with Gasteiger partial charge in [0.25, 0.3) is 0 Å². The number of amides is 1. The van der Waals surface area contributed by atoms with Gasteiger partial charge in [-0.2, -0.15) is 0 Å². The van der Waals surface area contributed by atoms with E-state index in [2.05, 4.69) is 0 Å². The van der Waals surface area contributed by atoms with E-state index in [1.807, 2.05) is 0 Å². The summed E-state index contributed by atoms with van der Waals surface area (Å²) >= 11 is 0. The van der Waals surface area contributed by atoms with Crippen molar-refractivity contribution in [3.8, 4) is 0 Å². The summed E-state index contributed by atoms with van der Waals surface area (Å²) in [7, 11) is 0. The summed E-state index contributed by atoms with van der Waals surface area (Å²) in [5.74, 6) is -4.72.